The van der Waals surface area contributed by atoms with Gasteiger partial charge in [-0.3, -0.25) is 9.78 Å². The molecule has 11 nitrogen and oxygen atoms in total. The van der Waals surface area contributed by atoms with E-state index in [9.17, 15) is 27.9 Å². The molecule has 1 amide bonds. The van der Waals surface area contributed by atoms with E-state index in [4.69, 9.17) is 25.8 Å². The van der Waals surface area contributed by atoms with Crippen molar-refractivity contribution in [1.29, 1.82) is 0 Å². The summed E-state index contributed by atoms with van der Waals surface area (Å²) in [6.45, 7) is 1.08. The average molecular weight is 712 g/mol. The topological polar surface area (TPSA) is 136 Å². The number of fused-ring (bicyclic) bond motifs is 1. The first-order chi connectivity index (χ1) is 24.0. The molecular formula is C35H33ClF3N5O6. The summed E-state index contributed by atoms with van der Waals surface area (Å²) < 4.78 is 58.1. The highest BCUT2D eigenvalue weighted by molar-refractivity contribution is 6.35. The predicted molar refractivity (Wildman–Crippen MR) is 178 cm³/mol. The van der Waals surface area contributed by atoms with E-state index in [1.54, 1.807) is 30.5 Å². The number of anilines is 1. The minimum absolute atomic E-state index is 0.0884. The van der Waals surface area contributed by atoms with Gasteiger partial charge in [0.25, 0.3) is 0 Å². The van der Waals surface area contributed by atoms with Crippen LogP contribution in [0.5, 0.6) is 11.8 Å². The number of rotatable bonds is 10. The third-order valence-electron chi connectivity index (χ3n) is 8.99. The second-order valence-electron chi connectivity index (χ2n) is 11.8. The molecule has 1 aromatic carbocycles. The molecule has 0 radical (unpaired) electrons. The van der Waals surface area contributed by atoms with E-state index in [0.717, 1.165) is 17.2 Å². The third kappa shape index (κ3) is 6.90. The van der Waals surface area contributed by atoms with Gasteiger partial charge in [0.05, 0.1) is 54.3 Å². The zero-order valence-electron chi connectivity index (χ0n) is 27.1. The SMILES string of the molecule is COc1nc(N[C@H]2CCc3c(-c4nccc(-c5ccc(CN(C(=O)O)C6CCOCC6)c(OC)n5)c4Cl)cccc32)c(C(F)(F)F)cc1C=O. The van der Waals surface area contributed by atoms with Crippen molar-refractivity contribution in [3.63, 3.8) is 0 Å². The minimum atomic E-state index is -4.77. The maximum absolute atomic E-state index is 14.0. The Labute approximate surface area is 290 Å². The number of ether oxygens (including phenoxy) is 3. The van der Waals surface area contributed by atoms with Crippen LogP contribution in [0.4, 0.5) is 23.8 Å². The van der Waals surface area contributed by atoms with Gasteiger partial charge >= 0.3 is 12.3 Å². The normalized spacial score (nSPS) is 16.1. The van der Waals surface area contributed by atoms with Crippen LogP contribution < -0.4 is 14.8 Å². The number of pyridine rings is 3. The number of aldehydes is 1. The van der Waals surface area contributed by atoms with Crippen molar-refractivity contribution in [2.75, 3.05) is 32.8 Å². The van der Waals surface area contributed by atoms with E-state index in [1.807, 2.05) is 12.1 Å². The lowest BCUT2D eigenvalue weighted by Gasteiger charge is -2.32. The molecule has 1 fully saturated rings. The van der Waals surface area contributed by atoms with Crippen LogP contribution in [-0.2, 0) is 23.9 Å². The molecule has 262 valence electrons. The van der Waals surface area contributed by atoms with Crippen LogP contribution in [0.1, 0.15) is 57.9 Å². The lowest BCUT2D eigenvalue weighted by atomic mass is 9.98. The Morgan fingerprint density at radius 3 is 2.52 bits per heavy atom. The summed E-state index contributed by atoms with van der Waals surface area (Å²) in [5.41, 5.74) is 3.07. The second kappa shape index (κ2) is 14.5. The molecule has 3 aromatic heterocycles. The zero-order valence-corrected chi connectivity index (χ0v) is 27.8. The van der Waals surface area contributed by atoms with Crippen molar-refractivity contribution in [2.45, 2.75) is 50.5 Å². The van der Waals surface area contributed by atoms with E-state index in [0.29, 0.717) is 72.0 Å². The lowest BCUT2D eigenvalue weighted by molar-refractivity contribution is -0.137. The van der Waals surface area contributed by atoms with Crippen LogP contribution in [0, 0.1) is 0 Å². The van der Waals surface area contributed by atoms with E-state index >= 15 is 0 Å². The number of halogens is 4. The Morgan fingerprint density at radius 2 is 1.84 bits per heavy atom. The largest absolute Gasteiger partial charge is 0.481 e. The zero-order chi connectivity index (χ0) is 35.6. The van der Waals surface area contributed by atoms with Crippen molar-refractivity contribution in [1.82, 2.24) is 19.9 Å². The number of nitrogens with one attached hydrogen (secondary N) is 1. The quantitative estimate of drug-likeness (QED) is 0.160. The van der Waals surface area contributed by atoms with Crippen LogP contribution in [0.2, 0.25) is 5.02 Å². The van der Waals surface area contributed by atoms with E-state index in [-0.39, 0.29) is 36.2 Å². The van der Waals surface area contributed by atoms with Crippen LogP contribution >= 0.6 is 11.6 Å². The molecule has 1 atom stereocenters. The first-order valence-electron chi connectivity index (χ1n) is 15.8. The molecule has 1 aliphatic heterocycles. The minimum Gasteiger partial charge on any atom is -0.481 e. The lowest BCUT2D eigenvalue weighted by Crippen LogP contribution is -2.42. The summed E-state index contributed by atoms with van der Waals surface area (Å²) in [4.78, 5) is 38.2. The van der Waals surface area contributed by atoms with Gasteiger partial charge in [-0.05, 0) is 61.1 Å². The molecule has 4 heterocycles. The molecular weight excluding hydrogens is 679 g/mol. The fourth-order valence-corrected chi connectivity index (χ4v) is 6.87. The molecule has 6 rings (SSSR count). The van der Waals surface area contributed by atoms with Crippen molar-refractivity contribution < 1.29 is 42.1 Å². The Balaban J connectivity index is 1.31. The van der Waals surface area contributed by atoms with E-state index in [1.165, 1.54) is 19.1 Å². The number of aromatic nitrogens is 3. The highest BCUT2D eigenvalue weighted by Crippen LogP contribution is 2.44. The number of benzene rings is 1. The number of hydrogen-bond donors (Lipinski definition) is 2. The maximum atomic E-state index is 14.0. The van der Waals surface area contributed by atoms with Crippen LogP contribution in [0.25, 0.3) is 22.5 Å². The van der Waals surface area contributed by atoms with Crippen molar-refractivity contribution >= 4 is 29.8 Å². The summed E-state index contributed by atoms with van der Waals surface area (Å²) in [6.07, 6.45) is -1.75. The maximum Gasteiger partial charge on any atom is 0.419 e. The average Bonchev–Trinajstić information content (AvgIpc) is 3.53. The Morgan fingerprint density at radius 1 is 1.08 bits per heavy atom. The molecule has 2 N–H and O–H groups in total. The summed E-state index contributed by atoms with van der Waals surface area (Å²) in [6, 6.07) is 10.7. The summed E-state index contributed by atoms with van der Waals surface area (Å²) in [7, 11) is 2.70. The molecule has 0 saturated carbocycles. The number of nitrogens with zero attached hydrogens (tertiary/aromatic N) is 4. The first kappa shape index (κ1) is 34.9. The molecule has 2 aliphatic rings. The van der Waals surface area contributed by atoms with Crippen LogP contribution in [-0.4, -0.2) is 70.8 Å². The van der Waals surface area contributed by atoms with Gasteiger partial charge < -0.3 is 29.5 Å². The number of alkyl halides is 3. The molecule has 0 spiro atoms. The van der Waals surface area contributed by atoms with E-state index < -0.39 is 29.7 Å². The van der Waals surface area contributed by atoms with Gasteiger partial charge in [-0.1, -0.05) is 29.8 Å². The van der Waals surface area contributed by atoms with E-state index in [2.05, 4.69) is 20.3 Å². The molecule has 50 heavy (non-hydrogen) atoms. The summed E-state index contributed by atoms with van der Waals surface area (Å²) >= 11 is 7.01. The smallest absolute Gasteiger partial charge is 0.419 e. The molecule has 1 saturated heterocycles. The van der Waals surface area contributed by atoms with Gasteiger partial charge in [-0.2, -0.15) is 18.2 Å². The van der Waals surface area contributed by atoms with Gasteiger partial charge in [-0.25, -0.2) is 9.78 Å². The fraction of sp³-hybridized carbons (Fsp3) is 0.343. The predicted octanol–water partition coefficient (Wildman–Crippen LogP) is 7.47. The Hall–Kier alpha value is -4.95. The van der Waals surface area contributed by atoms with Crippen LogP contribution in [0.15, 0.2) is 48.7 Å². The first-order valence-corrected chi connectivity index (χ1v) is 16.2. The second-order valence-corrected chi connectivity index (χ2v) is 12.2. The number of amides is 1. The van der Waals surface area contributed by atoms with Gasteiger partial charge in [-0.15, -0.1) is 0 Å². The Kier molecular flexibility index (Phi) is 10.1. The molecule has 15 heteroatoms. The van der Waals surface area contributed by atoms with Gasteiger partial charge in [0, 0.05) is 42.1 Å². The van der Waals surface area contributed by atoms with Crippen molar-refractivity contribution in [3.8, 4) is 34.3 Å². The molecule has 1 aliphatic carbocycles. The monoisotopic (exact) mass is 711 g/mol. The van der Waals surface area contributed by atoms with Crippen LogP contribution in [0.3, 0.4) is 0 Å². The highest BCUT2D eigenvalue weighted by atomic mass is 35.5. The number of hydrogen-bond acceptors (Lipinski definition) is 9. The summed E-state index contributed by atoms with van der Waals surface area (Å²) in [5, 5.41) is 13.2. The van der Waals surface area contributed by atoms with Crippen molar-refractivity contribution in [3.05, 3.63) is 81.5 Å². The standard InChI is InChI=1S/C35H33ClF3N5O6/c1-48-32-19(17-44(34(46)47)21-11-14-50-15-12-21)6-8-28(42-32)25-10-13-40-30(29(25)36)24-5-3-4-23-22(24)7-9-27(23)41-31-26(35(37,38)39)16-20(18-45)33(43-31)49-2/h3-6,8,10,13,16,18,21,27H,7,9,11-12,14-15,17H2,1-2H3,(H,41,43)(H,46,47)/t27-/m0/s1. The fourth-order valence-electron chi connectivity index (χ4n) is 6.56. The van der Waals surface area contributed by atoms with Crippen molar-refractivity contribution in [2.24, 2.45) is 0 Å². The molecule has 4 aromatic rings. The third-order valence-corrected chi connectivity index (χ3v) is 9.38. The molecule has 0 bridgehead atoms. The number of carbonyl (C=O) groups is 2. The summed E-state index contributed by atoms with van der Waals surface area (Å²) in [5.74, 6) is -0.398. The number of carbonyl (C=O) groups excluding carboxylic acids is 1. The number of methoxy groups -OCH3 is 2. The highest BCUT2D eigenvalue weighted by Gasteiger charge is 2.37. The Bertz CT molecular complexity index is 1920. The molecule has 0 unspecified atom stereocenters. The van der Waals surface area contributed by atoms with Gasteiger partial charge in [0.1, 0.15) is 5.82 Å². The van der Waals surface area contributed by atoms with Gasteiger partial charge in [0.2, 0.25) is 11.8 Å². The number of carboxylic acid groups (broad SMARTS) is 1. The van der Waals surface area contributed by atoms with Gasteiger partial charge in [0.15, 0.2) is 6.29 Å².